The first-order chi connectivity index (χ1) is 29.9. The van der Waals surface area contributed by atoms with Crippen molar-refractivity contribution in [2.45, 2.75) is 243 Å². The maximum atomic E-state index is 12.8. The number of phosphoric ester groups is 1. The lowest BCUT2D eigenvalue weighted by Gasteiger charge is -2.41. The van der Waals surface area contributed by atoms with Gasteiger partial charge in [0.05, 0.1) is 6.61 Å². The van der Waals surface area contributed by atoms with Crippen molar-refractivity contribution >= 4 is 19.8 Å². The minimum atomic E-state index is -5.12. The second kappa shape index (κ2) is 38.3. The molecule has 0 bridgehead atoms. The molecule has 0 aromatic heterocycles. The van der Waals surface area contributed by atoms with Crippen molar-refractivity contribution in [2.75, 3.05) is 13.2 Å². The zero-order valence-electron chi connectivity index (χ0n) is 38.4. The molecular formula is C48H87O13P. The molecule has 8 atom stereocenters. The molecule has 362 valence electrons. The van der Waals surface area contributed by atoms with E-state index >= 15 is 0 Å². The van der Waals surface area contributed by atoms with E-state index in [1.54, 1.807) is 0 Å². The molecule has 6 unspecified atom stereocenters. The van der Waals surface area contributed by atoms with Crippen molar-refractivity contribution < 1.29 is 63.1 Å². The molecule has 1 fully saturated rings. The third kappa shape index (κ3) is 30.3. The molecule has 0 radical (unpaired) electrons. The van der Waals surface area contributed by atoms with Gasteiger partial charge in [0, 0.05) is 12.8 Å². The van der Waals surface area contributed by atoms with Crippen LogP contribution in [0.4, 0.5) is 0 Å². The molecule has 6 N–H and O–H groups in total. The van der Waals surface area contributed by atoms with Gasteiger partial charge < -0.3 is 39.9 Å². The molecule has 0 aliphatic heterocycles. The summed E-state index contributed by atoms with van der Waals surface area (Å²) in [5, 5.41) is 50.2. The zero-order valence-corrected chi connectivity index (χ0v) is 39.3. The van der Waals surface area contributed by atoms with Gasteiger partial charge in [-0.25, -0.2) is 4.57 Å². The van der Waals surface area contributed by atoms with Gasteiger partial charge in [-0.2, -0.15) is 0 Å². The number of aliphatic hydroxyl groups is 5. The summed E-state index contributed by atoms with van der Waals surface area (Å²) in [5.74, 6) is -1.12. The summed E-state index contributed by atoms with van der Waals surface area (Å²) < 4.78 is 33.6. The normalized spacial score (nSPS) is 22.1. The molecular weight excluding hydrogens is 815 g/mol. The Bertz CT molecular complexity index is 1230. The van der Waals surface area contributed by atoms with E-state index in [-0.39, 0.29) is 12.8 Å². The van der Waals surface area contributed by atoms with Gasteiger partial charge in [-0.3, -0.25) is 18.6 Å². The monoisotopic (exact) mass is 903 g/mol. The second-order valence-electron chi connectivity index (χ2n) is 17.0. The fourth-order valence-corrected chi connectivity index (χ4v) is 8.27. The van der Waals surface area contributed by atoms with Gasteiger partial charge in [0.15, 0.2) is 6.10 Å². The molecule has 1 aliphatic carbocycles. The van der Waals surface area contributed by atoms with Gasteiger partial charge in [-0.15, -0.1) is 0 Å². The fraction of sp³-hybridized carbons (Fsp3) is 0.833. The molecule has 1 rings (SSSR count). The fourth-order valence-electron chi connectivity index (χ4n) is 7.29. The van der Waals surface area contributed by atoms with E-state index in [0.717, 1.165) is 70.6 Å². The van der Waals surface area contributed by atoms with Crippen LogP contribution >= 0.6 is 7.82 Å². The smallest absolute Gasteiger partial charge is 0.462 e. The number of hydrogen-bond acceptors (Lipinski definition) is 12. The molecule has 0 heterocycles. The Balaban J connectivity index is 2.45. The molecule has 0 spiro atoms. The summed E-state index contributed by atoms with van der Waals surface area (Å²) in [7, 11) is -5.12. The largest absolute Gasteiger partial charge is 0.472 e. The number of phosphoric acid groups is 1. The molecule has 0 saturated heterocycles. The third-order valence-corrected chi connectivity index (χ3v) is 12.2. The first-order valence-corrected chi connectivity index (χ1v) is 25.8. The number of esters is 2. The summed E-state index contributed by atoms with van der Waals surface area (Å²) in [6.45, 7) is 3.27. The van der Waals surface area contributed by atoms with Crippen LogP contribution in [0.2, 0.25) is 0 Å². The lowest BCUT2D eigenvalue weighted by atomic mass is 9.85. The van der Waals surface area contributed by atoms with E-state index in [9.17, 15) is 44.6 Å². The Kier molecular flexibility index (Phi) is 35.9. The zero-order chi connectivity index (χ0) is 45.7. The van der Waals surface area contributed by atoms with Crippen molar-refractivity contribution in [1.29, 1.82) is 0 Å². The van der Waals surface area contributed by atoms with Crippen LogP contribution in [0.15, 0.2) is 36.5 Å². The predicted molar refractivity (Wildman–Crippen MR) is 244 cm³/mol. The average Bonchev–Trinajstić information content (AvgIpc) is 3.25. The van der Waals surface area contributed by atoms with Gasteiger partial charge in [0.2, 0.25) is 0 Å². The number of carbonyl (C=O) groups is 2. The number of carbonyl (C=O) groups excluding carboxylic acids is 2. The van der Waals surface area contributed by atoms with Crippen LogP contribution in [-0.4, -0.2) is 98.3 Å². The van der Waals surface area contributed by atoms with Gasteiger partial charge in [-0.05, 0) is 51.4 Å². The lowest BCUT2D eigenvalue weighted by Crippen LogP contribution is -2.64. The summed E-state index contributed by atoms with van der Waals surface area (Å²) >= 11 is 0. The number of aliphatic hydroxyl groups excluding tert-OH is 5. The Hall–Kier alpha value is -1.93. The van der Waals surface area contributed by atoms with Crippen molar-refractivity contribution in [3.8, 4) is 0 Å². The number of hydrogen-bond donors (Lipinski definition) is 6. The Morgan fingerprint density at radius 2 is 0.871 bits per heavy atom. The van der Waals surface area contributed by atoms with Gasteiger partial charge in [0.1, 0.15) is 43.2 Å². The van der Waals surface area contributed by atoms with Crippen molar-refractivity contribution in [1.82, 2.24) is 0 Å². The van der Waals surface area contributed by atoms with Gasteiger partial charge in [-0.1, -0.05) is 172 Å². The van der Waals surface area contributed by atoms with Crippen LogP contribution in [0.25, 0.3) is 0 Å². The van der Waals surface area contributed by atoms with Crippen LogP contribution in [0.5, 0.6) is 0 Å². The minimum absolute atomic E-state index is 0.0947. The maximum Gasteiger partial charge on any atom is 0.472 e. The molecule has 1 aliphatic rings. The van der Waals surface area contributed by atoms with E-state index in [1.165, 1.54) is 89.9 Å². The van der Waals surface area contributed by atoms with Crippen molar-refractivity contribution in [3.63, 3.8) is 0 Å². The quantitative estimate of drug-likeness (QED) is 0.0147. The van der Waals surface area contributed by atoms with Crippen LogP contribution in [0, 0.1) is 0 Å². The summed E-state index contributed by atoms with van der Waals surface area (Å²) in [5.41, 5.74) is 0. The Morgan fingerprint density at radius 1 is 0.500 bits per heavy atom. The van der Waals surface area contributed by atoms with E-state index in [1.807, 2.05) is 0 Å². The van der Waals surface area contributed by atoms with Gasteiger partial charge >= 0.3 is 19.8 Å². The Labute approximate surface area is 374 Å². The molecule has 62 heavy (non-hydrogen) atoms. The number of ether oxygens (including phenoxy) is 2. The van der Waals surface area contributed by atoms with E-state index in [2.05, 4.69) is 50.3 Å². The molecule has 14 heteroatoms. The van der Waals surface area contributed by atoms with Crippen LogP contribution in [-0.2, 0) is 32.7 Å². The highest BCUT2D eigenvalue weighted by molar-refractivity contribution is 7.47. The van der Waals surface area contributed by atoms with E-state index in [4.69, 9.17) is 18.5 Å². The van der Waals surface area contributed by atoms with Gasteiger partial charge in [0.25, 0.3) is 0 Å². The highest BCUT2D eigenvalue weighted by Crippen LogP contribution is 2.47. The number of allylic oxidation sites excluding steroid dienone is 6. The molecule has 0 amide bonds. The molecule has 0 aromatic rings. The van der Waals surface area contributed by atoms with Crippen LogP contribution in [0.1, 0.15) is 200 Å². The van der Waals surface area contributed by atoms with Crippen molar-refractivity contribution in [2.24, 2.45) is 0 Å². The first-order valence-electron chi connectivity index (χ1n) is 24.3. The third-order valence-electron chi connectivity index (χ3n) is 11.2. The van der Waals surface area contributed by atoms with Crippen LogP contribution in [0.3, 0.4) is 0 Å². The molecule has 0 aromatic carbocycles. The summed E-state index contributed by atoms with van der Waals surface area (Å²) in [4.78, 5) is 35.7. The average molecular weight is 903 g/mol. The highest BCUT2D eigenvalue weighted by atomic mass is 31.2. The number of rotatable bonds is 40. The predicted octanol–water partition coefficient (Wildman–Crippen LogP) is 9.78. The van der Waals surface area contributed by atoms with Crippen molar-refractivity contribution in [3.05, 3.63) is 36.5 Å². The molecule has 13 nitrogen and oxygen atoms in total. The van der Waals surface area contributed by atoms with E-state index in [0.29, 0.717) is 12.8 Å². The Morgan fingerprint density at radius 3 is 1.35 bits per heavy atom. The summed E-state index contributed by atoms with van der Waals surface area (Å²) in [6, 6.07) is 0. The number of unbranched alkanes of at least 4 members (excludes halogenated alkanes) is 22. The topological polar surface area (TPSA) is 210 Å². The maximum absolute atomic E-state index is 12.8. The minimum Gasteiger partial charge on any atom is -0.462 e. The first kappa shape index (κ1) is 58.1. The SMILES string of the molecule is CCCCC/C=C\C/C=C\C/C=C\CCCCCCC(=O)OC[C@H](COP(=O)(O)OC1C(O)C(O)C(O)[C@@H](O)C1O)OC(=O)CCCCCCCCCCCCCCCCCC. The summed E-state index contributed by atoms with van der Waals surface area (Å²) in [6.07, 6.45) is 30.5. The highest BCUT2D eigenvalue weighted by Gasteiger charge is 2.51. The standard InChI is InChI=1S/C48H87O13P/c1-3-5-7-9-11-13-15-17-19-21-23-24-26-28-30-32-34-36-41(49)58-38-40(39-59-62(56,57)61-48-46(54)44(52)43(51)45(53)47(48)55)60-42(50)37-35-33-31-29-27-25-22-20-18-16-14-12-10-8-6-4-2/h11,13,17,19,23-24,40,43-48,51-55H,3-10,12,14-16,18,20-22,25-39H2,1-2H3,(H,56,57)/b13-11-,19-17-,24-23-/t40-,43?,44-,45?,46?,47?,48?/m1/s1. The lowest BCUT2D eigenvalue weighted by molar-refractivity contribution is -0.220. The second-order valence-corrected chi connectivity index (χ2v) is 18.4. The molecule has 1 saturated carbocycles. The van der Waals surface area contributed by atoms with Crippen LogP contribution < -0.4 is 0 Å². The van der Waals surface area contributed by atoms with E-state index < -0.39 is 75.7 Å².